The Balaban J connectivity index is 1.69. The van der Waals surface area contributed by atoms with Gasteiger partial charge in [-0.05, 0) is 122 Å². The zero-order chi connectivity index (χ0) is 46.3. The van der Waals surface area contributed by atoms with Crippen molar-refractivity contribution in [2.45, 2.75) is 226 Å². The first-order valence-corrected chi connectivity index (χ1v) is 28.9. The molecular formula is C62H88OSi. The molecule has 0 N–H and O–H groups in total. The van der Waals surface area contributed by atoms with Gasteiger partial charge in [0.05, 0.1) is 0 Å². The normalized spacial score (nSPS) is 11.3. The third-order valence-electron chi connectivity index (χ3n) is 13.3. The molecular weight excluding hydrogens is 789 g/mol. The van der Waals surface area contributed by atoms with Gasteiger partial charge in [-0.1, -0.05) is 211 Å². The van der Waals surface area contributed by atoms with Gasteiger partial charge in [0.2, 0.25) is 0 Å². The summed E-state index contributed by atoms with van der Waals surface area (Å²) in [6.45, 7) is 16.8. The fourth-order valence-corrected chi connectivity index (χ4v) is 9.28. The summed E-state index contributed by atoms with van der Waals surface area (Å²) < 4.78 is 6.61. The van der Waals surface area contributed by atoms with Gasteiger partial charge in [0.25, 0.3) is 0 Å². The predicted molar refractivity (Wildman–Crippen MR) is 284 cm³/mol. The van der Waals surface area contributed by atoms with Crippen LogP contribution in [0.3, 0.4) is 0 Å². The lowest BCUT2D eigenvalue weighted by Gasteiger charge is -2.36. The van der Waals surface area contributed by atoms with Gasteiger partial charge < -0.3 is 4.43 Å². The number of hydrogen-bond donors (Lipinski definition) is 0. The molecule has 1 nitrogen and oxygen atoms in total. The van der Waals surface area contributed by atoms with Crippen molar-refractivity contribution < 1.29 is 4.43 Å². The number of aryl methyl sites for hydroxylation is 2. The minimum atomic E-state index is -1.88. The lowest BCUT2D eigenvalue weighted by Crippen LogP contribution is -2.41. The zero-order valence-corrected chi connectivity index (χ0v) is 43.1. The fraction of sp³-hybridized carbons (Fsp3) is 0.581. The highest BCUT2D eigenvalue weighted by atomic mass is 28.4. The first-order valence-electron chi connectivity index (χ1n) is 26.0. The van der Waals surface area contributed by atoms with E-state index in [0.717, 1.165) is 52.6 Å². The molecule has 0 fully saturated rings. The summed E-state index contributed by atoms with van der Waals surface area (Å²) in [5, 5.41) is 0.161. The average Bonchev–Trinajstić information content (AvgIpc) is 3.27. The monoisotopic (exact) mass is 877 g/mol. The molecule has 0 aliphatic rings. The highest BCUT2D eigenvalue weighted by Gasteiger charge is 2.36. The van der Waals surface area contributed by atoms with E-state index in [9.17, 15) is 0 Å². The van der Waals surface area contributed by atoms with Crippen LogP contribution in [0.1, 0.15) is 239 Å². The Morgan fingerprint density at radius 2 is 0.656 bits per heavy atom. The van der Waals surface area contributed by atoms with Crippen molar-refractivity contribution in [3.05, 3.63) is 105 Å². The van der Waals surface area contributed by atoms with Crippen LogP contribution in [-0.4, -0.2) is 14.9 Å². The average molecular weight is 877 g/mol. The Morgan fingerprint density at radius 3 is 0.953 bits per heavy atom. The number of terminal acetylenes is 2. The van der Waals surface area contributed by atoms with Crippen molar-refractivity contribution >= 4 is 8.32 Å². The van der Waals surface area contributed by atoms with Crippen LogP contribution >= 0.6 is 0 Å². The van der Waals surface area contributed by atoms with Gasteiger partial charge >= 0.3 is 0 Å². The molecule has 0 aliphatic carbocycles. The molecule has 0 heterocycles. The van der Waals surface area contributed by atoms with Crippen molar-refractivity contribution in [3.8, 4) is 48.4 Å². The van der Waals surface area contributed by atoms with Gasteiger partial charge in [0, 0.05) is 40.0 Å². The topological polar surface area (TPSA) is 9.23 Å². The maximum absolute atomic E-state index is 6.61. The summed E-state index contributed by atoms with van der Waals surface area (Å²) in [5.74, 6) is 19.7. The predicted octanol–water partition coefficient (Wildman–Crippen LogP) is 17.5. The minimum absolute atomic E-state index is 0.161. The maximum Gasteiger partial charge on any atom is 0.191 e. The standard InChI is InChI=1S/C62H88OSi/c1-10-14-16-18-20-22-24-26-28-30-32-34-36-55-44-53(12-3)46-57(48-55)38-40-59-50-60(52-61(51-59)42-43-63-64(8,9)62(5,6)7)41-39-58-47-54(13-4)45-56(49-58)37-35-33-31-29-27-25-23-21-19-17-15-11-2/h3-4,44-52H,10-11,14-37,42-43H2,1-2,5-9H3. The minimum Gasteiger partial charge on any atom is -0.416 e. The van der Waals surface area contributed by atoms with Crippen molar-refractivity contribution in [2.75, 3.05) is 6.61 Å². The summed E-state index contributed by atoms with van der Waals surface area (Å²) in [7, 11) is -1.88. The third kappa shape index (κ3) is 23.3. The van der Waals surface area contributed by atoms with Crippen LogP contribution in [-0.2, 0) is 23.7 Å². The van der Waals surface area contributed by atoms with Crippen LogP contribution in [0, 0.1) is 48.4 Å². The lowest BCUT2D eigenvalue weighted by molar-refractivity contribution is 0.292. The molecule has 0 bridgehead atoms. The molecule has 0 saturated heterocycles. The molecule has 0 radical (unpaired) electrons. The molecule has 0 saturated carbocycles. The van der Waals surface area contributed by atoms with Gasteiger partial charge in [0.15, 0.2) is 8.32 Å². The van der Waals surface area contributed by atoms with Crippen LogP contribution in [0.2, 0.25) is 18.1 Å². The van der Waals surface area contributed by atoms with E-state index < -0.39 is 8.32 Å². The lowest BCUT2D eigenvalue weighted by atomic mass is 9.99. The van der Waals surface area contributed by atoms with Crippen molar-refractivity contribution in [1.82, 2.24) is 0 Å². The van der Waals surface area contributed by atoms with E-state index in [4.69, 9.17) is 17.3 Å². The van der Waals surface area contributed by atoms with E-state index in [0.29, 0.717) is 6.61 Å². The maximum atomic E-state index is 6.61. The highest BCUT2D eigenvalue weighted by Crippen LogP contribution is 2.36. The molecule has 3 aromatic rings. The smallest absolute Gasteiger partial charge is 0.191 e. The molecule has 0 spiro atoms. The van der Waals surface area contributed by atoms with E-state index in [1.54, 1.807) is 0 Å². The number of hydrogen-bond acceptors (Lipinski definition) is 1. The molecule has 3 aromatic carbocycles. The Morgan fingerprint density at radius 1 is 0.391 bits per heavy atom. The number of rotatable bonds is 30. The molecule has 64 heavy (non-hydrogen) atoms. The van der Waals surface area contributed by atoms with Crippen LogP contribution in [0.4, 0.5) is 0 Å². The SMILES string of the molecule is C#Cc1cc(C#Cc2cc(C#Cc3cc(C#C)cc(CCCCCCCCCCCCCC)c3)cc(CCO[Si](C)(C)C(C)(C)C)c2)cc(CCCCCCCCCCCCCC)c1. The zero-order valence-electron chi connectivity index (χ0n) is 42.1. The summed E-state index contributed by atoms with van der Waals surface area (Å²) in [6.07, 6.45) is 47.2. The van der Waals surface area contributed by atoms with Crippen molar-refractivity contribution in [3.63, 3.8) is 0 Å². The van der Waals surface area contributed by atoms with Gasteiger partial charge in [-0.15, -0.1) is 12.8 Å². The molecule has 0 unspecified atom stereocenters. The summed E-state index contributed by atoms with van der Waals surface area (Å²) in [5.41, 5.74) is 9.38. The Labute approximate surface area is 396 Å². The second kappa shape index (κ2) is 31.9. The Bertz CT molecular complexity index is 1860. The van der Waals surface area contributed by atoms with E-state index in [2.05, 4.69) is 126 Å². The molecule has 3 rings (SSSR count). The summed E-state index contributed by atoms with van der Waals surface area (Å²) in [6, 6.07) is 19.4. The summed E-state index contributed by atoms with van der Waals surface area (Å²) in [4.78, 5) is 0. The van der Waals surface area contributed by atoms with Crippen LogP contribution in [0.5, 0.6) is 0 Å². The number of benzene rings is 3. The van der Waals surface area contributed by atoms with Gasteiger partial charge in [-0.25, -0.2) is 0 Å². The Kier molecular flexibility index (Phi) is 27.1. The molecule has 0 aliphatic heterocycles. The molecule has 346 valence electrons. The largest absolute Gasteiger partial charge is 0.416 e. The van der Waals surface area contributed by atoms with Crippen molar-refractivity contribution in [1.29, 1.82) is 0 Å². The second-order valence-corrected chi connectivity index (χ2v) is 25.0. The van der Waals surface area contributed by atoms with E-state index >= 15 is 0 Å². The number of unbranched alkanes of at least 4 members (excludes halogenated alkanes) is 22. The molecule has 0 aromatic heterocycles. The third-order valence-corrected chi connectivity index (χ3v) is 17.9. The van der Waals surface area contributed by atoms with Gasteiger partial charge in [-0.2, -0.15) is 0 Å². The highest BCUT2D eigenvalue weighted by molar-refractivity contribution is 6.74. The van der Waals surface area contributed by atoms with Crippen LogP contribution in [0.25, 0.3) is 0 Å². The Hall–Kier alpha value is -3.92. The van der Waals surface area contributed by atoms with Crippen LogP contribution < -0.4 is 0 Å². The molecule has 2 heteroatoms. The first kappa shape index (κ1) is 54.4. The van der Waals surface area contributed by atoms with Gasteiger partial charge in [0.1, 0.15) is 0 Å². The summed E-state index contributed by atoms with van der Waals surface area (Å²) >= 11 is 0. The fourth-order valence-electron chi connectivity index (χ4n) is 8.23. The van der Waals surface area contributed by atoms with Crippen molar-refractivity contribution in [2.24, 2.45) is 0 Å². The van der Waals surface area contributed by atoms with E-state index in [1.807, 2.05) is 12.1 Å². The molecule has 0 atom stereocenters. The second-order valence-electron chi connectivity index (χ2n) is 20.2. The van der Waals surface area contributed by atoms with E-state index in [-0.39, 0.29) is 5.04 Å². The molecule has 0 amide bonds. The quantitative estimate of drug-likeness (QED) is 0.0368. The van der Waals surface area contributed by atoms with E-state index in [1.165, 1.54) is 171 Å². The van der Waals surface area contributed by atoms with Crippen LogP contribution in [0.15, 0.2) is 54.6 Å². The van der Waals surface area contributed by atoms with Gasteiger partial charge in [-0.3, -0.25) is 0 Å². The first-order chi connectivity index (χ1) is 31.0.